The molecule has 0 aliphatic carbocycles. The second-order valence-electron chi connectivity index (χ2n) is 6.52. The first-order valence-electron chi connectivity index (χ1n) is 5.98. The highest BCUT2D eigenvalue weighted by Gasteiger charge is 2.29. The molecule has 0 bridgehead atoms. The van der Waals surface area contributed by atoms with Gasteiger partial charge in [-0.05, 0) is 16.9 Å². The van der Waals surface area contributed by atoms with E-state index in [1.165, 1.54) is 0 Å². The van der Waals surface area contributed by atoms with Crippen molar-refractivity contribution in [2.24, 2.45) is 0 Å². The molecule has 1 aromatic rings. The zero-order chi connectivity index (χ0) is 13.4. The lowest BCUT2D eigenvalue weighted by atomic mass is 9.79. The number of hydrogen-bond donors (Lipinski definition) is 0. The maximum atomic E-state index is 12.6. The first-order valence-corrected chi connectivity index (χ1v) is 5.98. The summed E-state index contributed by atoms with van der Waals surface area (Å²) < 4.78 is 5.32. The van der Waals surface area contributed by atoms with Crippen LogP contribution in [0.15, 0.2) is 12.1 Å². The van der Waals surface area contributed by atoms with Crippen LogP contribution in [0.5, 0.6) is 11.5 Å². The van der Waals surface area contributed by atoms with Gasteiger partial charge in [0.05, 0.1) is 7.11 Å². The molecule has 17 heavy (non-hydrogen) atoms. The maximum Gasteiger partial charge on any atom is 0.189 e. The Kier molecular flexibility index (Phi) is 3.47. The standard InChI is InChI=1S/C15H23O2/c1-14(2,3)10-8-9-11(17-7)12(13(10)16)15(4,5)6/h8-9H,1-7H3. The Labute approximate surface area is 105 Å². The Bertz CT molecular complexity index is 406. The SMILES string of the molecule is COc1ccc(C(C)(C)C)c([O])c1C(C)(C)C. The molecule has 0 atom stereocenters. The lowest BCUT2D eigenvalue weighted by molar-refractivity contribution is 0.317. The normalized spacial score (nSPS) is 12.6. The minimum absolute atomic E-state index is 0.115. The van der Waals surface area contributed by atoms with Crippen molar-refractivity contribution in [3.63, 3.8) is 0 Å². The van der Waals surface area contributed by atoms with Gasteiger partial charge in [0.25, 0.3) is 0 Å². The zero-order valence-corrected chi connectivity index (χ0v) is 12.0. The molecule has 1 aromatic carbocycles. The summed E-state index contributed by atoms with van der Waals surface area (Å²) in [4.78, 5) is 0. The highest BCUT2D eigenvalue weighted by molar-refractivity contribution is 5.54. The number of benzene rings is 1. The predicted molar refractivity (Wildman–Crippen MR) is 70.5 cm³/mol. The third-order valence-corrected chi connectivity index (χ3v) is 2.90. The van der Waals surface area contributed by atoms with E-state index in [4.69, 9.17) is 4.74 Å². The van der Waals surface area contributed by atoms with E-state index in [0.717, 1.165) is 11.1 Å². The summed E-state index contributed by atoms with van der Waals surface area (Å²) in [6.45, 7) is 12.3. The van der Waals surface area contributed by atoms with Gasteiger partial charge in [0, 0.05) is 11.1 Å². The first-order chi connectivity index (χ1) is 7.59. The van der Waals surface area contributed by atoms with E-state index in [-0.39, 0.29) is 16.6 Å². The van der Waals surface area contributed by atoms with Crippen LogP contribution in [0.25, 0.3) is 0 Å². The number of rotatable bonds is 1. The van der Waals surface area contributed by atoms with Gasteiger partial charge in [-0.25, -0.2) is 0 Å². The summed E-state index contributed by atoms with van der Waals surface area (Å²) in [5.74, 6) is 0.805. The van der Waals surface area contributed by atoms with Crippen LogP contribution in [0.4, 0.5) is 0 Å². The molecule has 0 saturated carbocycles. The highest BCUT2D eigenvalue weighted by atomic mass is 16.5. The molecule has 1 radical (unpaired) electrons. The lowest BCUT2D eigenvalue weighted by Gasteiger charge is -2.27. The van der Waals surface area contributed by atoms with Crippen molar-refractivity contribution in [1.29, 1.82) is 0 Å². The molecule has 0 unspecified atom stereocenters. The first kappa shape index (κ1) is 13.9. The van der Waals surface area contributed by atoms with Crippen molar-refractivity contribution < 1.29 is 9.84 Å². The number of methoxy groups -OCH3 is 1. The van der Waals surface area contributed by atoms with E-state index in [1.807, 2.05) is 32.9 Å². The van der Waals surface area contributed by atoms with E-state index >= 15 is 0 Å². The maximum absolute atomic E-state index is 12.6. The Morgan fingerprint density at radius 3 is 1.82 bits per heavy atom. The van der Waals surface area contributed by atoms with Crippen LogP contribution >= 0.6 is 0 Å². The Balaban J connectivity index is 3.55. The summed E-state index contributed by atoms with van der Waals surface area (Å²) in [7, 11) is 1.61. The average molecular weight is 235 g/mol. The van der Waals surface area contributed by atoms with E-state index in [2.05, 4.69) is 20.8 Å². The minimum atomic E-state index is -0.205. The molecule has 0 aliphatic heterocycles. The smallest absolute Gasteiger partial charge is 0.189 e. The lowest BCUT2D eigenvalue weighted by Crippen LogP contribution is -2.17. The monoisotopic (exact) mass is 235 g/mol. The number of hydrogen-bond acceptors (Lipinski definition) is 1. The van der Waals surface area contributed by atoms with Crippen molar-refractivity contribution in [1.82, 2.24) is 0 Å². The van der Waals surface area contributed by atoms with Gasteiger partial charge >= 0.3 is 0 Å². The molecular formula is C15H23O2. The van der Waals surface area contributed by atoms with Gasteiger partial charge in [0.2, 0.25) is 0 Å². The molecule has 0 heterocycles. The predicted octanol–water partition coefficient (Wildman–Crippen LogP) is 4.43. The third kappa shape index (κ3) is 2.74. The van der Waals surface area contributed by atoms with Crippen molar-refractivity contribution >= 4 is 0 Å². The molecule has 1 rings (SSSR count). The fourth-order valence-electron chi connectivity index (χ4n) is 2.04. The molecule has 0 fully saturated rings. The summed E-state index contributed by atoms with van der Waals surface area (Å²) in [5.41, 5.74) is 1.28. The third-order valence-electron chi connectivity index (χ3n) is 2.90. The van der Waals surface area contributed by atoms with Crippen molar-refractivity contribution in [3.8, 4) is 11.5 Å². The van der Waals surface area contributed by atoms with Crippen molar-refractivity contribution in [3.05, 3.63) is 23.3 Å². The number of ether oxygens (including phenoxy) is 1. The highest BCUT2D eigenvalue weighted by Crippen LogP contribution is 2.44. The van der Waals surface area contributed by atoms with Crippen molar-refractivity contribution in [2.75, 3.05) is 7.11 Å². The fourth-order valence-corrected chi connectivity index (χ4v) is 2.04. The summed E-state index contributed by atoms with van der Waals surface area (Å²) >= 11 is 0. The van der Waals surface area contributed by atoms with Gasteiger partial charge in [-0.15, -0.1) is 0 Å². The quantitative estimate of drug-likeness (QED) is 0.707. The Morgan fingerprint density at radius 2 is 1.47 bits per heavy atom. The van der Waals surface area contributed by atoms with Crippen LogP contribution in [-0.2, 0) is 15.9 Å². The van der Waals surface area contributed by atoms with Gasteiger partial charge in [-0.2, -0.15) is 0 Å². The van der Waals surface area contributed by atoms with Crippen molar-refractivity contribution in [2.45, 2.75) is 52.4 Å². The molecule has 2 heteroatoms. The topological polar surface area (TPSA) is 29.1 Å². The average Bonchev–Trinajstić information content (AvgIpc) is 2.12. The van der Waals surface area contributed by atoms with Gasteiger partial charge in [0.15, 0.2) is 5.75 Å². The second kappa shape index (κ2) is 4.25. The molecule has 0 aromatic heterocycles. The van der Waals surface area contributed by atoms with E-state index < -0.39 is 0 Å². The largest absolute Gasteiger partial charge is 0.496 e. The van der Waals surface area contributed by atoms with Crippen LogP contribution in [0.1, 0.15) is 52.7 Å². The van der Waals surface area contributed by atoms with E-state index in [9.17, 15) is 5.11 Å². The van der Waals surface area contributed by atoms with Gasteiger partial charge in [-0.3, -0.25) is 5.11 Å². The summed E-state index contributed by atoms with van der Waals surface area (Å²) in [6, 6.07) is 3.79. The molecule has 0 saturated heterocycles. The molecule has 95 valence electrons. The van der Waals surface area contributed by atoms with E-state index in [1.54, 1.807) is 7.11 Å². The van der Waals surface area contributed by atoms with Crippen LogP contribution in [-0.4, -0.2) is 7.11 Å². The Hall–Kier alpha value is -1.18. The Morgan fingerprint density at radius 1 is 0.941 bits per heavy atom. The molecular weight excluding hydrogens is 212 g/mol. The van der Waals surface area contributed by atoms with E-state index in [0.29, 0.717) is 5.75 Å². The molecule has 0 spiro atoms. The molecule has 0 N–H and O–H groups in total. The minimum Gasteiger partial charge on any atom is -0.496 e. The molecule has 2 nitrogen and oxygen atoms in total. The van der Waals surface area contributed by atoms with Gasteiger partial charge < -0.3 is 4.74 Å². The van der Waals surface area contributed by atoms with Crippen LogP contribution in [0, 0.1) is 0 Å². The van der Waals surface area contributed by atoms with Gasteiger partial charge in [-0.1, -0.05) is 47.6 Å². The fraction of sp³-hybridized carbons (Fsp3) is 0.600. The van der Waals surface area contributed by atoms with Crippen LogP contribution in [0.3, 0.4) is 0 Å². The van der Waals surface area contributed by atoms with Gasteiger partial charge in [0.1, 0.15) is 5.75 Å². The van der Waals surface area contributed by atoms with Crippen LogP contribution < -0.4 is 4.74 Å². The zero-order valence-electron chi connectivity index (χ0n) is 12.0. The molecule has 0 aliphatic rings. The van der Waals surface area contributed by atoms with Crippen LogP contribution in [0.2, 0.25) is 0 Å². The second-order valence-corrected chi connectivity index (χ2v) is 6.52. The summed E-state index contributed by atoms with van der Waals surface area (Å²) in [5, 5.41) is 12.6. The molecule has 0 amide bonds. The summed E-state index contributed by atoms with van der Waals surface area (Å²) in [6.07, 6.45) is 0.